The van der Waals surface area contributed by atoms with Crippen LogP contribution in [0.5, 0.6) is 0 Å². The predicted octanol–water partition coefficient (Wildman–Crippen LogP) is -0.247. The molecule has 1 aromatic rings. The maximum atomic E-state index is 11.6. The van der Waals surface area contributed by atoms with Gasteiger partial charge < -0.3 is 21.5 Å². The van der Waals surface area contributed by atoms with Gasteiger partial charge in [-0.25, -0.2) is 0 Å². The first-order valence-electron chi connectivity index (χ1n) is 5.58. The summed E-state index contributed by atoms with van der Waals surface area (Å²) in [7, 11) is 0. The number of aliphatic hydroxyl groups is 1. The van der Waals surface area contributed by atoms with Gasteiger partial charge in [-0.15, -0.1) is 0 Å². The molecule has 0 saturated carbocycles. The van der Waals surface area contributed by atoms with Gasteiger partial charge in [0, 0.05) is 11.3 Å². The summed E-state index contributed by atoms with van der Waals surface area (Å²) in [4.78, 5) is 22.4. The van der Waals surface area contributed by atoms with E-state index in [1.807, 2.05) is 0 Å². The van der Waals surface area contributed by atoms with Crippen molar-refractivity contribution >= 4 is 17.5 Å². The first kappa shape index (κ1) is 14.1. The van der Waals surface area contributed by atoms with Gasteiger partial charge in [0.2, 0.25) is 11.8 Å². The van der Waals surface area contributed by atoms with Crippen molar-refractivity contribution in [3.05, 3.63) is 29.8 Å². The van der Waals surface area contributed by atoms with Crippen LogP contribution in [0.25, 0.3) is 0 Å². The second-order valence-corrected chi connectivity index (χ2v) is 3.79. The van der Waals surface area contributed by atoms with Gasteiger partial charge in [-0.2, -0.15) is 0 Å². The SMILES string of the molecule is CC(O)c1ccccc1NC(=O)CNC(=O)CN. The second-order valence-electron chi connectivity index (χ2n) is 3.79. The predicted molar refractivity (Wildman–Crippen MR) is 67.8 cm³/mol. The molecule has 0 aliphatic carbocycles. The van der Waals surface area contributed by atoms with Crippen molar-refractivity contribution in [2.75, 3.05) is 18.4 Å². The van der Waals surface area contributed by atoms with Crippen molar-refractivity contribution in [1.29, 1.82) is 0 Å². The van der Waals surface area contributed by atoms with Crippen molar-refractivity contribution in [3.63, 3.8) is 0 Å². The Hall–Kier alpha value is -1.92. The number of carbonyl (C=O) groups is 2. The smallest absolute Gasteiger partial charge is 0.243 e. The van der Waals surface area contributed by atoms with E-state index in [1.165, 1.54) is 0 Å². The third kappa shape index (κ3) is 4.15. The lowest BCUT2D eigenvalue weighted by Gasteiger charge is -2.13. The largest absolute Gasteiger partial charge is 0.389 e. The molecule has 0 heterocycles. The number of rotatable bonds is 5. The van der Waals surface area contributed by atoms with Crippen LogP contribution in [-0.2, 0) is 9.59 Å². The highest BCUT2D eigenvalue weighted by molar-refractivity contribution is 5.95. The Bertz CT molecular complexity index is 432. The summed E-state index contributed by atoms with van der Waals surface area (Å²) in [5, 5.41) is 14.5. The van der Waals surface area contributed by atoms with E-state index in [0.717, 1.165) is 0 Å². The first-order valence-corrected chi connectivity index (χ1v) is 5.58. The zero-order valence-corrected chi connectivity index (χ0v) is 10.1. The number of hydrogen-bond donors (Lipinski definition) is 4. The molecular weight excluding hydrogens is 234 g/mol. The molecule has 0 radical (unpaired) electrons. The molecule has 2 amide bonds. The lowest BCUT2D eigenvalue weighted by atomic mass is 10.1. The van der Waals surface area contributed by atoms with Gasteiger partial charge in [-0.1, -0.05) is 18.2 Å². The normalized spacial score (nSPS) is 11.7. The zero-order valence-electron chi connectivity index (χ0n) is 10.1. The number of para-hydroxylation sites is 1. The third-order valence-corrected chi connectivity index (χ3v) is 2.32. The number of amides is 2. The van der Waals surface area contributed by atoms with Crippen molar-refractivity contribution < 1.29 is 14.7 Å². The molecule has 1 atom stereocenters. The van der Waals surface area contributed by atoms with Gasteiger partial charge in [0.15, 0.2) is 0 Å². The third-order valence-electron chi connectivity index (χ3n) is 2.32. The summed E-state index contributed by atoms with van der Waals surface area (Å²) >= 11 is 0. The minimum absolute atomic E-state index is 0.149. The fraction of sp³-hybridized carbons (Fsp3) is 0.333. The lowest BCUT2D eigenvalue weighted by molar-refractivity contribution is -0.123. The average molecular weight is 251 g/mol. The van der Waals surface area contributed by atoms with Gasteiger partial charge in [0.05, 0.1) is 19.2 Å². The van der Waals surface area contributed by atoms with Crippen molar-refractivity contribution in [1.82, 2.24) is 5.32 Å². The molecule has 1 aromatic carbocycles. The molecule has 1 rings (SSSR count). The minimum atomic E-state index is -0.680. The molecule has 6 nitrogen and oxygen atoms in total. The first-order chi connectivity index (χ1) is 8.54. The van der Waals surface area contributed by atoms with Gasteiger partial charge >= 0.3 is 0 Å². The Morgan fingerprint density at radius 1 is 1.33 bits per heavy atom. The van der Waals surface area contributed by atoms with Crippen LogP contribution in [0, 0.1) is 0 Å². The molecule has 0 aliphatic heterocycles. The molecule has 98 valence electrons. The van der Waals surface area contributed by atoms with Crippen LogP contribution in [0.4, 0.5) is 5.69 Å². The number of benzene rings is 1. The Kier molecular flexibility index (Phi) is 5.29. The molecule has 5 N–H and O–H groups in total. The van der Waals surface area contributed by atoms with Gasteiger partial charge in [0.1, 0.15) is 0 Å². The fourth-order valence-corrected chi connectivity index (χ4v) is 1.42. The van der Waals surface area contributed by atoms with Crippen LogP contribution >= 0.6 is 0 Å². The topological polar surface area (TPSA) is 104 Å². The van der Waals surface area contributed by atoms with Crippen molar-refractivity contribution in [3.8, 4) is 0 Å². The quantitative estimate of drug-likeness (QED) is 0.579. The molecule has 1 unspecified atom stereocenters. The Labute approximate surface area is 105 Å². The van der Waals surface area contributed by atoms with E-state index in [4.69, 9.17) is 5.73 Å². The maximum absolute atomic E-state index is 11.6. The molecule has 0 fully saturated rings. The number of nitrogens with one attached hydrogen (secondary N) is 2. The van der Waals surface area contributed by atoms with Crippen LogP contribution in [0.1, 0.15) is 18.6 Å². The minimum Gasteiger partial charge on any atom is -0.389 e. The molecule has 0 aromatic heterocycles. The van der Waals surface area contributed by atoms with E-state index < -0.39 is 12.0 Å². The molecular formula is C12H17N3O3. The van der Waals surface area contributed by atoms with Crippen molar-refractivity contribution in [2.45, 2.75) is 13.0 Å². The summed E-state index contributed by atoms with van der Waals surface area (Å²) < 4.78 is 0. The van der Waals surface area contributed by atoms with Gasteiger partial charge in [-0.05, 0) is 13.0 Å². The van der Waals surface area contributed by atoms with Crippen molar-refractivity contribution in [2.24, 2.45) is 5.73 Å². The highest BCUT2D eigenvalue weighted by atomic mass is 16.3. The molecule has 6 heteroatoms. The van der Waals surface area contributed by atoms with Crippen LogP contribution in [0.15, 0.2) is 24.3 Å². The van der Waals surface area contributed by atoms with Crippen LogP contribution in [0.2, 0.25) is 0 Å². The lowest BCUT2D eigenvalue weighted by Crippen LogP contribution is -2.36. The standard InChI is InChI=1S/C12H17N3O3/c1-8(16)9-4-2-3-5-10(9)15-12(18)7-14-11(17)6-13/h2-5,8,16H,6-7,13H2,1H3,(H,14,17)(H,15,18). The van der Waals surface area contributed by atoms with Crippen LogP contribution < -0.4 is 16.4 Å². The average Bonchev–Trinajstić information content (AvgIpc) is 2.36. The monoisotopic (exact) mass is 251 g/mol. The van der Waals surface area contributed by atoms with Gasteiger partial charge in [-0.3, -0.25) is 9.59 Å². The Balaban J connectivity index is 2.62. The van der Waals surface area contributed by atoms with E-state index >= 15 is 0 Å². The Morgan fingerprint density at radius 2 is 2.00 bits per heavy atom. The number of nitrogens with two attached hydrogens (primary N) is 1. The van der Waals surface area contributed by atoms with E-state index in [9.17, 15) is 14.7 Å². The van der Waals surface area contributed by atoms with E-state index in [1.54, 1.807) is 31.2 Å². The van der Waals surface area contributed by atoms with Crippen LogP contribution in [-0.4, -0.2) is 30.0 Å². The summed E-state index contributed by atoms with van der Waals surface area (Å²) in [5.74, 6) is -0.765. The maximum Gasteiger partial charge on any atom is 0.243 e. The highest BCUT2D eigenvalue weighted by Gasteiger charge is 2.10. The zero-order chi connectivity index (χ0) is 13.5. The summed E-state index contributed by atoms with van der Waals surface area (Å²) in [5.41, 5.74) is 6.25. The van der Waals surface area contributed by atoms with E-state index in [0.29, 0.717) is 11.3 Å². The molecule has 0 bridgehead atoms. The molecule has 0 saturated heterocycles. The van der Waals surface area contributed by atoms with Crippen LogP contribution in [0.3, 0.4) is 0 Å². The Morgan fingerprint density at radius 3 is 2.61 bits per heavy atom. The summed E-state index contributed by atoms with van der Waals surface area (Å²) in [6, 6.07) is 6.93. The van der Waals surface area contributed by atoms with E-state index in [2.05, 4.69) is 10.6 Å². The second kappa shape index (κ2) is 6.73. The number of aliphatic hydroxyl groups excluding tert-OH is 1. The molecule has 0 aliphatic rings. The fourth-order valence-electron chi connectivity index (χ4n) is 1.42. The molecule has 0 spiro atoms. The summed E-state index contributed by atoms with van der Waals surface area (Å²) in [6.45, 7) is 1.31. The highest BCUT2D eigenvalue weighted by Crippen LogP contribution is 2.21. The van der Waals surface area contributed by atoms with E-state index in [-0.39, 0.29) is 19.0 Å². The molecule has 18 heavy (non-hydrogen) atoms. The van der Waals surface area contributed by atoms with Gasteiger partial charge in [0.25, 0.3) is 0 Å². The number of anilines is 1. The number of carbonyl (C=O) groups excluding carboxylic acids is 2. The summed E-state index contributed by atoms with van der Waals surface area (Å²) in [6.07, 6.45) is -0.680. The number of hydrogen-bond acceptors (Lipinski definition) is 4.